The maximum Gasteiger partial charge on any atom is 0.228 e. The lowest BCUT2D eigenvalue weighted by Crippen LogP contribution is -2.49. The minimum atomic E-state index is -0.405. The molecule has 2 aromatic heterocycles. The molecule has 0 aromatic carbocycles. The molecule has 0 spiro atoms. The first kappa shape index (κ1) is 20.3. The molecule has 27 heavy (non-hydrogen) atoms. The molecule has 4 heterocycles. The van der Waals surface area contributed by atoms with Crippen molar-refractivity contribution in [3.63, 3.8) is 0 Å². The van der Waals surface area contributed by atoms with Crippen molar-refractivity contribution in [3.05, 3.63) is 34.1 Å². The number of carbonyl (C=O) groups is 1. The van der Waals surface area contributed by atoms with Crippen molar-refractivity contribution >= 4 is 29.7 Å². The number of fused-ring (bicyclic) bond motifs is 2. The predicted molar refractivity (Wildman–Crippen MR) is 107 cm³/mol. The Morgan fingerprint density at radius 2 is 2.30 bits per heavy atom. The van der Waals surface area contributed by atoms with Crippen LogP contribution in [0.1, 0.15) is 50.3 Å². The SMILES string of the molecule is CC(C)Cc1cc(CNC(=O)[C@]2(Cc3cscn3)C[C@@H]3CC[C@H]2N3)on1.Cl. The molecule has 4 rings (SSSR count). The summed E-state index contributed by atoms with van der Waals surface area (Å²) >= 11 is 1.58. The predicted octanol–water partition coefficient (Wildman–Crippen LogP) is 3.12. The molecule has 2 bridgehead atoms. The normalized spacial score (nSPS) is 26.3. The molecule has 2 aliphatic heterocycles. The second kappa shape index (κ2) is 8.29. The molecule has 0 aliphatic carbocycles. The monoisotopic (exact) mass is 410 g/mol. The zero-order valence-electron chi connectivity index (χ0n) is 15.7. The Kier molecular flexibility index (Phi) is 6.23. The molecule has 0 saturated carbocycles. The molecule has 8 heteroatoms. The van der Waals surface area contributed by atoms with Gasteiger partial charge in [-0.1, -0.05) is 19.0 Å². The van der Waals surface area contributed by atoms with Gasteiger partial charge in [-0.25, -0.2) is 4.98 Å². The van der Waals surface area contributed by atoms with Gasteiger partial charge in [-0.2, -0.15) is 0 Å². The van der Waals surface area contributed by atoms with Crippen molar-refractivity contribution in [1.29, 1.82) is 0 Å². The van der Waals surface area contributed by atoms with E-state index in [0.717, 1.165) is 37.1 Å². The fourth-order valence-corrected chi connectivity index (χ4v) is 5.03. The quantitative estimate of drug-likeness (QED) is 0.733. The Balaban J connectivity index is 0.00000210. The second-order valence-electron chi connectivity index (χ2n) is 8.08. The van der Waals surface area contributed by atoms with E-state index in [1.165, 1.54) is 0 Å². The molecule has 0 unspecified atom stereocenters. The maximum atomic E-state index is 13.2. The van der Waals surface area contributed by atoms with E-state index >= 15 is 0 Å². The Bertz CT molecular complexity index is 764. The highest BCUT2D eigenvalue weighted by Crippen LogP contribution is 2.45. The molecule has 2 N–H and O–H groups in total. The summed E-state index contributed by atoms with van der Waals surface area (Å²) < 4.78 is 5.39. The zero-order chi connectivity index (χ0) is 18.1. The van der Waals surface area contributed by atoms with Crippen molar-refractivity contribution in [2.24, 2.45) is 11.3 Å². The summed E-state index contributed by atoms with van der Waals surface area (Å²) in [7, 11) is 0. The molecule has 2 fully saturated rings. The van der Waals surface area contributed by atoms with E-state index < -0.39 is 5.41 Å². The van der Waals surface area contributed by atoms with Crippen LogP contribution in [0.15, 0.2) is 21.5 Å². The minimum Gasteiger partial charge on any atom is -0.359 e. The van der Waals surface area contributed by atoms with E-state index in [4.69, 9.17) is 4.52 Å². The third-order valence-corrected chi connectivity index (χ3v) is 6.23. The molecule has 148 valence electrons. The van der Waals surface area contributed by atoms with Gasteiger partial charge in [-0.3, -0.25) is 4.79 Å². The first-order valence-corrected chi connectivity index (χ1v) is 10.4. The summed E-state index contributed by atoms with van der Waals surface area (Å²) in [6.45, 7) is 4.70. The van der Waals surface area contributed by atoms with Crippen LogP contribution in [0.25, 0.3) is 0 Å². The minimum absolute atomic E-state index is 0. The van der Waals surface area contributed by atoms with Gasteiger partial charge in [0.2, 0.25) is 5.91 Å². The average molecular weight is 411 g/mol. The Labute approximate surface area is 169 Å². The van der Waals surface area contributed by atoms with Gasteiger partial charge in [-0.15, -0.1) is 23.7 Å². The van der Waals surface area contributed by atoms with E-state index in [0.29, 0.717) is 30.7 Å². The van der Waals surface area contributed by atoms with Crippen LogP contribution in [-0.2, 0) is 24.2 Å². The van der Waals surface area contributed by atoms with Gasteiger partial charge < -0.3 is 15.2 Å². The van der Waals surface area contributed by atoms with Crippen molar-refractivity contribution in [2.75, 3.05) is 0 Å². The summed E-state index contributed by atoms with van der Waals surface area (Å²) in [5.41, 5.74) is 3.39. The third-order valence-electron chi connectivity index (χ3n) is 5.60. The van der Waals surface area contributed by atoms with E-state index in [9.17, 15) is 4.79 Å². The van der Waals surface area contributed by atoms with Crippen LogP contribution >= 0.6 is 23.7 Å². The lowest BCUT2D eigenvalue weighted by Gasteiger charge is -2.34. The number of nitrogens with zero attached hydrogens (tertiary/aromatic N) is 2. The van der Waals surface area contributed by atoms with Gasteiger partial charge in [0.15, 0.2) is 5.76 Å². The fourth-order valence-electron chi connectivity index (χ4n) is 4.47. The highest BCUT2D eigenvalue weighted by atomic mass is 35.5. The smallest absolute Gasteiger partial charge is 0.228 e. The molecular weight excluding hydrogens is 384 g/mol. The lowest BCUT2D eigenvalue weighted by molar-refractivity contribution is -0.132. The molecular formula is C19H27ClN4O2S. The van der Waals surface area contributed by atoms with Gasteiger partial charge in [-0.05, 0) is 31.6 Å². The van der Waals surface area contributed by atoms with E-state index in [-0.39, 0.29) is 24.4 Å². The van der Waals surface area contributed by atoms with Crippen LogP contribution in [-0.4, -0.2) is 28.1 Å². The van der Waals surface area contributed by atoms with Crippen LogP contribution in [0.4, 0.5) is 0 Å². The van der Waals surface area contributed by atoms with Crippen LogP contribution < -0.4 is 10.6 Å². The molecule has 3 atom stereocenters. The maximum absolute atomic E-state index is 13.2. The molecule has 1 amide bonds. The zero-order valence-corrected chi connectivity index (χ0v) is 17.4. The number of hydrogen-bond acceptors (Lipinski definition) is 6. The number of aromatic nitrogens is 2. The summed E-state index contributed by atoms with van der Waals surface area (Å²) in [6, 6.07) is 2.64. The van der Waals surface area contributed by atoms with Gasteiger partial charge in [0.05, 0.1) is 28.9 Å². The lowest BCUT2D eigenvalue weighted by atomic mass is 9.70. The first-order chi connectivity index (χ1) is 12.5. The molecule has 2 saturated heterocycles. The highest BCUT2D eigenvalue weighted by molar-refractivity contribution is 7.07. The third kappa shape index (κ3) is 4.20. The van der Waals surface area contributed by atoms with Gasteiger partial charge in [0, 0.05) is 30.0 Å². The molecule has 6 nitrogen and oxygen atoms in total. The Morgan fingerprint density at radius 3 is 2.93 bits per heavy atom. The average Bonchev–Trinajstić information content (AvgIpc) is 3.37. The van der Waals surface area contributed by atoms with Gasteiger partial charge in [0.25, 0.3) is 0 Å². The number of rotatable bonds is 7. The van der Waals surface area contributed by atoms with E-state index in [1.807, 2.05) is 11.6 Å². The summed E-state index contributed by atoms with van der Waals surface area (Å²) in [4.78, 5) is 17.6. The largest absolute Gasteiger partial charge is 0.359 e. The van der Waals surface area contributed by atoms with Crippen LogP contribution in [0.2, 0.25) is 0 Å². The Morgan fingerprint density at radius 1 is 1.44 bits per heavy atom. The van der Waals surface area contributed by atoms with E-state index in [1.54, 1.807) is 11.3 Å². The number of hydrogen-bond donors (Lipinski definition) is 2. The molecule has 0 radical (unpaired) electrons. The standard InChI is InChI=1S/C19H26N4O2S.ClH/c1-12(2)5-14-6-16(25-23-14)9-20-18(24)19(8-15-10-26-11-21-15)7-13-3-4-17(19)22-13;/h6,10-13,17,22H,3-5,7-9H2,1-2H3,(H,20,24);1H/t13-,17+,19-;/m0./s1. The highest BCUT2D eigenvalue weighted by Gasteiger charge is 2.55. The fraction of sp³-hybridized carbons (Fsp3) is 0.632. The number of amides is 1. The van der Waals surface area contributed by atoms with Gasteiger partial charge >= 0.3 is 0 Å². The second-order valence-corrected chi connectivity index (χ2v) is 8.79. The van der Waals surface area contributed by atoms with Crippen molar-refractivity contribution in [3.8, 4) is 0 Å². The first-order valence-electron chi connectivity index (χ1n) is 9.41. The van der Waals surface area contributed by atoms with Crippen LogP contribution in [0, 0.1) is 11.3 Å². The van der Waals surface area contributed by atoms with E-state index in [2.05, 4.69) is 40.0 Å². The topological polar surface area (TPSA) is 80.0 Å². The van der Waals surface area contributed by atoms with Crippen molar-refractivity contribution in [2.45, 2.75) is 64.6 Å². The Hall–Kier alpha value is -1.44. The van der Waals surface area contributed by atoms with Crippen molar-refractivity contribution < 1.29 is 9.32 Å². The number of nitrogens with one attached hydrogen (secondary N) is 2. The summed E-state index contributed by atoms with van der Waals surface area (Å²) in [6.07, 6.45) is 4.70. The summed E-state index contributed by atoms with van der Waals surface area (Å²) in [5.74, 6) is 1.35. The number of carbonyl (C=O) groups excluding carboxylic acids is 1. The number of halogens is 1. The number of thiazole rings is 1. The van der Waals surface area contributed by atoms with Crippen LogP contribution in [0.3, 0.4) is 0 Å². The van der Waals surface area contributed by atoms with Crippen molar-refractivity contribution in [1.82, 2.24) is 20.8 Å². The summed E-state index contributed by atoms with van der Waals surface area (Å²) in [5, 5.41) is 12.9. The molecule has 2 aromatic rings. The van der Waals surface area contributed by atoms with Crippen LogP contribution in [0.5, 0.6) is 0 Å². The van der Waals surface area contributed by atoms with Gasteiger partial charge in [0.1, 0.15) is 0 Å². The molecule has 2 aliphatic rings.